The average molecular weight is 518 g/mol. The molecular formula is C30H31NO7. The van der Waals surface area contributed by atoms with Crippen molar-refractivity contribution in [1.82, 2.24) is 4.90 Å². The molecular weight excluding hydrogens is 486 g/mol. The number of rotatable bonds is 6. The highest BCUT2D eigenvalue weighted by molar-refractivity contribution is 5.84. The lowest BCUT2D eigenvalue weighted by molar-refractivity contribution is -0.175. The maximum absolute atomic E-state index is 13.1. The molecule has 6 rings (SSSR count). The topological polar surface area (TPSA) is 102 Å². The number of carbonyl (C=O) groups excluding carboxylic acids is 3. The van der Waals surface area contributed by atoms with Crippen LogP contribution >= 0.6 is 0 Å². The van der Waals surface area contributed by atoms with Crippen LogP contribution in [0.1, 0.15) is 59.7 Å². The van der Waals surface area contributed by atoms with Gasteiger partial charge in [0.05, 0.1) is 22.5 Å². The zero-order valence-corrected chi connectivity index (χ0v) is 21.7. The van der Waals surface area contributed by atoms with Crippen LogP contribution in [-0.2, 0) is 30.9 Å². The minimum absolute atomic E-state index is 0.143. The summed E-state index contributed by atoms with van der Waals surface area (Å²) in [6.07, 6.45) is 2.05. The van der Waals surface area contributed by atoms with Crippen molar-refractivity contribution in [3.8, 4) is 5.75 Å². The molecule has 8 nitrogen and oxygen atoms in total. The van der Waals surface area contributed by atoms with Gasteiger partial charge in [-0.2, -0.15) is 0 Å². The van der Waals surface area contributed by atoms with Gasteiger partial charge in [-0.3, -0.25) is 9.59 Å². The van der Waals surface area contributed by atoms with Crippen molar-refractivity contribution in [1.29, 1.82) is 0 Å². The predicted molar refractivity (Wildman–Crippen MR) is 137 cm³/mol. The molecule has 6 atom stereocenters. The van der Waals surface area contributed by atoms with Gasteiger partial charge in [-0.25, -0.2) is 4.79 Å². The van der Waals surface area contributed by atoms with Crippen LogP contribution < -0.4 is 4.74 Å². The zero-order chi connectivity index (χ0) is 26.8. The highest BCUT2D eigenvalue weighted by Gasteiger charge is 2.72. The summed E-state index contributed by atoms with van der Waals surface area (Å²) in [4.78, 5) is 39.9. The Balaban J connectivity index is 1.28. The lowest BCUT2D eigenvalue weighted by Crippen LogP contribution is -2.74. The summed E-state index contributed by atoms with van der Waals surface area (Å²) in [5.41, 5.74) is 1.10. The minimum atomic E-state index is -1.15. The first-order valence-corrected chi connectivity index (χ1v) is 13.1. The van der Waals surface area contributed by atoms with Crippen LogP contribution in [0.4, 0.5) is 0 Å². The zero-order valence-electron chi connectivity index (χ0n) is 21.7. The number of piperidine rings is 1. The molecule has 4 aliphatic rings. The molecule has 0 saturated carbocycles. The van der Waals surface area contributed by atoms with E-state index in [2.05, 4.69) is 4.90 Å². The normalized spacial score (nSPS) is 30.3. The van der Waals surface area contributed by atoms with Gasteiger partial charge >= 0.3 is 11.9 Å². The third-order valence-corrected chi connectivity index (χ3v) is 9.03. The molecule has 1 N–H and O–H groups in total. The van der Waals surface area contributed by atoms with Crippen LogP contribution in [0.2, 0.25) is 0 Å². The van der Waals surface area contributed by atoms with Gasteiger partial charge in [0.25, 0.3) is 0 Å². The van der Waals surface area contributed by atoms with Gasteiger partial charge in [-0.1, -0.05) is 36.4 Å². The third-order valence-electron chi connectivity index (χ3n) is 9.03. The van der Waals surface area contributed by atoms with Crippen LogP contribution in [0.25, 0.3) is 0 Å². The Morgan fingerprint density at radius 2 is 1.92 bits per heavy atom. The Morgan fingerprint density at radius 1 is 1.16 bits per heavy atom. The third kappa shape index (κ3) is 3.33. The van der Waals surface area contributed by atoms with Crippen LogP contribution in [0.3, 0.4) is 0 Å². The van der Waals surface area contributed by atoms with E-state index in [4.69, 9.17) is 14.2 Å². The molecule has 2 aliphatic heterocycles. The number of likely N-dealkylation sites (N-methyl/N-ethyl adjacent to an activating group) is 1. The molecule has 2 aromatic carbocycles. The standard InChI is InChI=1S/C30H31NO7/c1-17(19-7-5-4-6-8-19)27(33)36-18(2)28(34)37-22-11-12-30(35)23-15-20-9-10-21(16-32)25-24(20)29(30,26(22)38-25)13-14-31(23)3/h4-11,16-18,23,26,35H,12-15H2,1-3H3/t17-,18-,23+,26-,29-,30+/m0/s1. The SMILES string of the molecule is C[C@H](OC(=O)[C@@H](C)c1ccccc1)C(=O)OC1=CC[C@@]2(O)[C@H]3Cc4ccc(C=O)c5c4[C@@]2(CCN3C)[C@H]1O5. The smallest absolute Gasteiger partial charge is 0.352 e. The van der Waals surface area contributed by atoms with Gasteiger partial charge in [0, 0.05) is 18.0 Å². The number of nitrogens with zero attached hydrogens (tertiary/aromatic N) is 1. The van der Waals surface area contributed by atoms with Crippen molar-refractivity contribution in [2.75, 3.05) is 13.6 Å². The first-order chi connectivity index (χ1) is 18.2. The molecule has 2 heterocycles. The quantitative estimate of drug-likeness (QED) is 0.461. The molecule has 0 unspecified atom stereocenters. The fourth-order valence-electron chi connectivity index (χ4n) is 6.97. The number of benzene rings is 2. The van der Waals surface area contributed by atoms with Gasteiger partial charge in [0.2, 0.25) is 0 Å². The van der Waals surface area contributed by atoms with E-state index in [1.807, 2.05) is 43.4 Å². The average Bonchev–Trinajstić information content (AvgIpc) is 3.28. The number of aliphatic hydroxyl groups is 1. The number of esters is 2. The molecule has 2 bridgehead atoms. The van der Waals surface area contributed by atoms with Crippen molar-refractivity contribution in [2.45, 2.75) is 68.3 Å². The Kier molecular flexibility index (Phi) is 5.74. The first-order valence-electron chi connectivity index (χ1n) is 13.1. The molecule has 2 aromatic rings. The van der Waals surface area contributed by atoms with E-state index in [1.165, 1.54) is 6.92 Å². The lowest BCUT2D eigenvalue weighted by atomic mass is 9.50. The molecule has 198 valence electrons. The molecule has 38 heavy (non-hydrogen) atoms. The first kappa shape index (κ1) is 24.8. The predicted octanol–water partition coefficient (Wildman–Crippen LogP) is 3.06. The van der Waals surface area contributed by atoms with Crippen molar-refractivity contribution in [3.05, 3.63) is 76.6 Å². The summed E-state index contributed by atoms with van der Waals surface area (Å²) in [5, 5.41) is 12.2. The van der Waals surface area contributed by atoms with Gasteiger partial charge in [0.15, 0.2) is 18.5 Å². The second-order valence-corrected chi connectivity index (χ2v) is 10.9. The Morgan fingerprint density at radius 3 is 2.66 bits per heavy atom. The number of aldehydes is 1. The van der Waals surface area contributed by atoms with E-state index in [9.17, 15) is 19.5 Å². The second kappa shape index (κ2) is 8.78. The molecule has 1 spiro atoms. The monoisotopic (exact) mass is 517 g/mol. The summed E-state index contributed by atoms with van der Waals surface area (Å²) >= 11 is 0. The number of carbonyl (C=O) groups is 3. The van der Waals surface area contributed by atoms with E-state index >= 15 is 0 Å². The summed E-state index contributed by atoms with van der Waals surface area (Å²) < 4.78 is 17.7. The van der Waals surface area contributed by atoms with Crippen molar-refractivity contribution in [3.63, 3.8) is 0 Å². The highest BCUT2D eigenvalue weighted by Crippen LogP contribution is 2.64. The molecule has 1 fully saturated rings. The fraction of sp³-hybridized carbons (Fsp3) is 0.433. The summed E-state index contributed by atoms with van der Waals surface area (Å²) in [6.45, 7) is 3.93. The molecule has 2 aliphatic carbocycles. The molecule has 0 aromatic heterocycles. The van der Waals surface area contributed by atoms with Gasteiger partial charge in [-0.15, -0.1) is 0 Å². The van der Waals surface area contributed by atoms with Gasteiger partial charge in [-0.05, 0) is 63.6 Å². The molecule has 0 amide bonds. The van der Waals surface area contributed by atoms with Crippen LogP contribution in [0.5, 0.6) is 5.75 Å². The molecule has 1 saturated heterocycles. The summed E-state index contributed by atoms with van der Waals surface area (Å²) in [6, 6.07) is 12.8. The Hall–Kier alpha value is -3.49. The van der Waals surface area contributed by atoms with Gasteiger partial charge < -0.3 is 24.2 Å². The number of hydrogen-bond acceptors (Lipinski definition) is 8. The van der Waals surface area contributed by atoms with Crippen LogP contribution in [-0.4, -0.2) is 65.7 Å². The van der Waals surface area contributed by atoms with Gasteiger partial charge in [0.1, 0.15) is 11.5 Å². The molecule has 0 radical (unpaired) electrons. The van der Waals surface area contributed by atoms with E-state index in [1.54, 1.807) is 19.1 Å². The maximum atomic E-state index is 13.1. The second-order valence-electron chi connectivity index (χ2n) is 10.9. The van der Waals surface area contributed by atoms with E-state index in [0.717, 1.165) is 29.5 Å². The fourth-order valence-corrected chi connectivity index (χ4v) is 6.97. The summed E-state index contributed by atoms with van der Waals surface area (Å²) in [7, 11) is 2.01. The minimum Gasteiger partial charge on any atom is -0.480 e. The van der Waals surface area contributed by atoms with E-state index < -0.39 is 41.1 Å². The number of ether oxygens (including phenoxy) is 3. The highest BCUT2D eigenvalue weighted by atomic mass is 16.6. The van der Waals surface area contributed by atoms with Crippen molar-refractivity contribution in [2.24, 2.45) is 0 Å². The lowest BCUT2D eigenvalue weighted by Gasteiger charge is -2.61. The van der Waals surface area contributed by atoms with Crippen LogP contribution in [0, 0.1) is 0 Å². The van der Waals surface area contributed by atoms with E-state index in [0.29, 0.717) is 24.2 Å². The Labute approximate surface area is 221 Å². The molecule has 8 heteroatoms. The largest absolute Gasteiger partial charge is 0.480 e. The van der Waals surface area contributed by atoms with Crippen molar-refractivity contribution >= 4 is 18.2 Å². The van der Waals surface area contributed by atoms with E-state index in [-0.39, 0.29) is 18.2 Å². The Bertz CT molecular complexity index is 1350. The summed E-state index contributed by atoms with van der Waals surface area (Å²) in [5.74, 6) is -1.05. The maximum Gasteiger partial charge on any atom is 0.352 e. The number of likely N-dealkylation sites (tertiary alicyclic amines) is 1. The van der Waals surface area contributed by atoms with Crippen LogP contribution in [0.15, 0.2) is 54.3 Å². The van der Waals surface area contributed by atoms with Crippen molar-refractivity contribution < 1.29 is 33.7 Å². The number of hydrogen-bond donors (Lipinski definition) is 1.